The average molecular weight is 350 g/mol. The van der Waals surface area contributed by atoms with E-state index in [2.05, 4.69) is 12.2 Å². The molecule has 0 aromatic heterocycles. The minimum atomic E-state index is 0.564. The van der Waals surface area contributed by atoms with Crippen LogP contribution in [0.1, 0.15) is 25.8 Å². The second-order valence-corrected chi connectivity index (χ2v) is 5.68. The maximum absolute atomic E-state index is 6.38. The molecule has 0 aliphatic heterocycles. The van der Waals surface area contributed by atoms with E-state index < -0.39 is 0 Å². The predicted molar refractivity (Wildman–Crippen MR) is 98.7 cm³/mol. The highest BCUT2D eigenvalue weighted by atomic mass is 35.5. The molecule has 0 spiro atoms. The third-order valence-electron chi connectivity index (χ3n) is 3.41. The number of anilines is 1. The maximum Gasteiger partial charge on any atom is 0.179 e. The molecule has 2 aromatic carbocycles. The van der Waals surface area contributed by atoms with E-state index >= 15 is 0 Å². The van der Waals surface area contributed by atoms with Crippen molar-refractivity contribution in [2.45, 2.75) is 26.8 Å². The molecular formula is C19H24ClNO3. The van der Waals surface area contributed by atoms with Crippen LogP contribution in [0.4, 0.5) is 5.69 Å². The maximum atomic E-state index is 6.38. The highest BCUT2D eigenvalue weighted by molar-refractivity contribution is 6.32. The van der Waals surface area contributed by atoms with Gasteiger partial charge >= 0.3 is 0 Å². The molecule has 0 saturated heterocycles. The first kappa shape index (κ1) is 18.3. The molecule has 2 aromatic rings. The summed E-state index contributed by atoms with van der Waals surface area (Å²) >= 11 is 6.38. The first-order valence-electron chi connectivity index (χ1n) is 8.13. The number of hydrogen-bond donors (Lipinski definition) is 1. The van der Waals surface area contributed by atoms with Gasteiger partial charge in [-0.05, 0) is 55.3 Å². The summed E-state index contributed by atoms with van der Waals surface area (Å²) in [5.41, 5.74) is 2.04. The third kappa shape index (κ3) is 4.96. The van der Waals surface area contributed by atoms with Gasteiger partial charge in [-0.2, -0.15) is 0 Å². The summed E-state index contributed by atoms with van der Waals surface area (Å²) in [6.45, 7) is 5.82. The van der Waals surface area contributed by atoms with E-state index in [0.29, 0.717) is 36.3 Å². The van der Waals surface area contributed by atoms with Crippen LogP contribution in [0.2, 0.25) is 5.02 Å². The normalized spacial score (nSPS) is 10.3. The SMILES string of the molecule is CCCOc1c(Cl)cc(CNc2ccc(OC)cc2)cc1OCC. The Balaban J connectivity index is 2.11. The van der Waals surface area contributed by atoms with Crippen LogP contribution in [-0.2, 0) is 6.54 Å². The molecule has 0 aliphatic carbocycles. The number of halogens is 1. The van der Waals surface area contributed by atoms with Crippen LogP contribution in [0.25, 0.3) is 0 Å². The van der Waals surface area contributed by atoms with Gasteiger partial charge in [-0.1, -0.05) is 18.5 Å². The van der Waals surface area contributed by atoms with Crippen molar-refractivity contribution in [1.29, 1.82) is 0 Å². The van der Waals surface area contributed by atoms with Crippen molar-refractivity contribution >= 4 is 17.3 Å². The molecule has 5 heteroatoms. The van der Waals surface area contributed by atoms with Gasteiger partial charge in [0.05, 0.1) is 25.3 Å². The quantitative estimate of drug-likeness (QED) is 0.679. The molecule has 1 N–H and O–H groups in total. The van der Waals surface area contributed by atoms with Gasteiger partial charge in [0.15, 0.2) is 11.5 Å². The lowest BCUT2D eigenvalue weighted by Gasteiger charge is -2.15. The second kappa shape index (κ2) is 9.28. The van der Waals surface area contributed by atoms with E-state index in [1.54, 1.807) is 7.11 Å². The molecule has 0 saturated carbocycles. The van der Waals surface area contributed by atoms with Crippen molar-refractivity contribution in [3.05, 3.63) is 47.0 Å². The number of nitrogens with one attached hydrogen (secondary N) is 1. The van der Waals surface area contributed by atoms with E-state index in [0.717, 1.165) is 23.4 Å². The summed E-state index contributed by atoms with van der Waals surface area (Å²) in [5.74, 6) is 2.14. The van der Waals surface area contributed by atoms with Crippen molar-refractivity contribution in [2.24, 2.45) is 0 Å². The standard InChI is InChI=1S/C19H24ClNO3/c1-4-10-24-19-17(20)11-14(12-18(19)23-5-2)13-21-15-6-8-16(22-3)9-7-15/h6-9,11-12,21H,4-5,10,13H2,1-3H3. The van der Waals surface area contributed by atoms with Gasteiger partial charge in [-0.15, -0.1) is 0 Å². The number of ether oxygens (including phenoxy) is 3. The van der Waals surface area contributed by atoms with Gasteiger partial charge in [0.1, 0.15) is 5.75 Å². The van der Waals surface area contributed by atoms with Gasteiger partial charge in [0.2, 0.25) is 0 Å². The van der Waals surface area contributed by atoms with Crippen LogP contribution >= 0.6 is 11.6 Å². The van der Waals surface area contributed by atoms with Crippen molar-refractivity contribution in [1.82, 2.24) is 0 Å². The fraction of sp³-hybridized carbons (Fsp3) is 0.368. The predicted octanol–water partition coefficient (Wildman–Crippen LogP) is 5.15. The van der Waals surface area contributed by atoms with Gasteiger partial charge < -0.3 is 19.5 Å². The van der Waals surface area contributed by atoms with Crippen molar-refractivity contribution in [3.8, 4) is 17.2 Å². The molecule has 0 aliphatic rings. The molecule has 24 heavy (non-hydrogen) atoms. The molecular weight excluding hydrogens is 326 g/mol. The minimum Gasteiger partial charge on any atom is -0.497 e. The van der Waals surface area contributed by atoms with E-state index in [-0.39, 0.29) is 0 Å². The zero-order valence-electron chi connectivity index (χ0n) is 14.4. The summed E-state index contributed by atoms with van der Waals surface area (Å²) in [4.78, 5) is 0. The third-order valence-corrected chi connectivity index (χ3v) is 3.69. The van der Waals surface area contributed by atoms with Crippen molar-refractivity contribution in [2.75, 3.05) is 25.6 Å². The summed E-state index contributed by atoms with van der Waals surface area (Å²) in [6, 6.07) is 11.7. The zero-order chi connectivity index (χ0) is 17.4. The van der Waals surface area contributed by atoms with Crippen LogP contribution < -0.4 is 19.5 Å². The Bertz CT molecular complexity index is 644. The molecule has 0 atom stereocenters. The fourth-order valence-corrected chi connectivity index (χ4v) is 2.53. The van der Waals surface area contributed by atoms with Crippen molar-refractivity contribution in [3.63, 3.8) is 0 Å². The molecule has 0 heterocycles. The number of hydrogen-bond acceptors (Lipinski definition) is 4. The van der Waals surface area contributed by atoms with E-state index in [1.165, 1.54) is 0 Å². The topological polar surface area (TPSA) is 39.7 Å². The molecule has 0 bridgehead atoms. The Morgan fingerprint density at radius 1 is 1.04 bits per heavy atom. The number of benzene rings is 2. The molecule has 0 radical (unpaired) electrons. The lowest BCUT2D eigenvalue weighted by Crippen LogP contribution is -2.04. The average Bonchev–Trinajstić information content (AvgIpc) is 2.60. The van der Waals surface area contributed by atoms with Gasteiger partial charge in [0.25, 0.3) is 0 Å². The summed E-state index contributed by atoms with van der Waals surface area (Å²) in [5, 5.41) is 3.93. The summed E-state index contributed by atoms with van der Waals surface area (Å²) < 4.78 is 16.6. The van der Waals surface area contributed by atoms with Crippen LogP contribution in [0.5, 0.6) is 17.2 Å². The monoisotopic (exact) mass is 349 g/mol. The number of rotatable bonds is 9. The first-order chi connectivity index (χ1) is 11.7. The van der Waals surface area contributed by atoms with E-state index in [1.807, 2.05) is 43.3 Å². The Kier molecular flexibility index (Phi) is 7.07. The molecule has 4 nitrogen and oxygen atoms in total. The largest absolute Gasteiger partial charge is 0.497 e. The molecule has 0 unspecified atom stereocenters. The van der Waals surface area contributed by atoms with E-state index in [9.17, 15) is 0 Å². The Labute approximate surface area is 148 Å². The highest BCUT2D eigenvalue weighted by Crippen LogP contribution is 2.37. The lowest BCUT2D eigenvalue weighted by molar-refractivity contribution is 0.277. The Morgan fingerprint density at radius 2 is 1.79 bits per heavy atom. The highest BCUT2D eigenvalue weighted by Gasteiger charge is 2.12. The summed E-state index contributed by atoms with van der Waals surface area (Å²) in [6.07, 6.45) is 0.919. The van der Waals surface area contributed by atoms with E-state index in [4.69, 9.17) is 25.8 Å². The molecule has 0 amide bonds. The zero-order valence-corrected chi connectivity index (χ0v) is 15.2. The Hall–Kier alpha value is -2.07. The van der Waals surface area contributed by atoms with Gasteiger partial charge in [-0.3, -0.25) is 0 Å². The van der Waals surface area contributed by atoms with Crippen molar-refractivity contribution < 1.29 is 14.2 Å². The lowest BCUT2D eigenvalue weighted by atomic mass is 10.2. The molecule has 130 valence electrons. The first-order valence-corrected chi connectivity index (χ1v) is 8.51. The second-order valence-electron chi connectivity index (χ2n) is 5.27. The fourth-order valence-electron chi connectivity index (χ4n) is 2.24. The molecule has 0 fully saturated rings. The Morgan fingerprint density at radius 3 is 2.42 bits per heavy atom. The smallest absolute Gasteiger partial charge is 0.179 e. The van der Waals surface area contributed by atoms with Crippen LogP contribution in [0.15, 0.2) is 36.4 Å². The van der Waals surface area contributed by atoms with Crippen LogP contribution in [0.3, 0.4) is 0 Å². The number of methoxy groups -OCH3 is 1. The molecule has 2 rings (SSSR count). The van der Waals surface area contributed by atoms with Gasteiger partial charge in [0, 0.05) is 12.2 Å². The summed E-state index contributed by atoms with van der Waals surface area (Å²) in [7, 11) is 1.65. The van der Waals surface area contributed by atoms with Crippen LogP contribution in [-0.4, -0.2) is 20.3 Å². The minimum absolute atomic E-state index is 0.564. The van der Waals surface area contributed by atoms with Gasteiger partial charge in [-0.25, -0.2) is 0 Å². The van der Waals surface area contributed by atoms with Crippen LogP contribution in [0, 0.1) is 0 Å².